The van der Waals surface area contributed by atoms with Crippen LogP contribution in [-0.4, -0.2) is 28.2 Å². The molecule has 0 amide bonds. The number of halogens is 2. The topological polar surface area (TPSA) is 55.3 Å². The van der Waals surface area contributed by atoms with E-state index >= 15 is 0 Å². The highest BCUT2D eigenvalue weighted by Crippen LogP contribution is 2.48. The number of imidazole rings is 1. The standard InChI is InChI=1S/C20H27F2N2O3S/c1-3-23-10-11-24(15(23)2)9-5-12-27-18(25)20(26,17-6-4-13-28-17)16-7-8-19(21,22)14-16/h4,6,10-11,13,16,26H,3,5,7-9,12,14H2,1-2H3/q+1. The number of esters is 1. The molecule has 0 saturated heterocycles. The van der Waals surface area contributed by atoms with E-state index in [-0.39, 0.29) is 19.4 Å². The molecule has 1 aliphatic rings. The van der Waals surface area contributed by atoms with E-state index in [0.717, 1.165) is 12.4 Å². The summed E-state index contributed by atoms with van der Waals surface area (Å²) in [6, 6.07) is 3.30. The molecular weight excluding hydrogens is 386 g/mol. The van der Waals surface area contributed by atoms with Crippen molar-refractivity contribution < 1.29 is 28.0 Å². The summed E-state index contributed by atoms with van der Waals surface area (Å²) in [5, 5.41) is 12.9. The first kappa shape index (κ1) is 20.9. The highest BCUT2D eigenvalue weighted by molar-refractivity contribution is 7.10. The van der Waals surface area contributed by atoms with Crippen LogP contribution in [0.1, 0.15) is 43.3 Å². The van der Waals surface area contributed by atoms with Crippen LogP contribution < -0.4 is 4.57 Å². The van der Waals surface area contributed by atoms with Crippen molar-refractivity contribution in [2.24, 2.45) is 5.92 Å². The molecule has 0 radical (unpaired) electrons. The van der Waals surface area contributed by atoms with Gasteiger partial charge in [-0.25, -0.2) is 22.7 Å². The second kappa shape index (κ2) is 8.29. The predicted octanol–water partition coefficient (Wildman–Crippen LogP) is 3.42. The van der Waals surface area contributed by atoms with Crippen molar-refractivity contribution in [3.63, 3.8) is 0 Å². The fourth-order valence-electron chi connectivity index (χ4n) is 3.89. The Morgan fingerprint density at radius 3 is 2.89 bits per heavy atom. The van der Waals surface area contributed by atoms with Crippen molar-refractivity contribution in [2.75, 3.05) is 6.61 Å². The van der Waals surface area contributed by atoms with Crippen molar-refractivity contribution in [3.8, 4) is 0 Å². The van der Waals surface area contributed by atoms with E-state index in [2.05, 4.69) is 16.1 Å². The van der Waals surface area contributed by atoms with Crippen molar-refractivity contribution in [2.45, 2.75) is 64.1 Å². The lowest BCUT2D eigenvalue weighted by Gasteiger charge is -2.30. The molecule has 1 N–H and O–H groups in total. The molecule has 0 spiro atoms. The summed E-state index contributed by atoms with van der Waals surface area (Å²) in [7, 11) is 0. The van der Waals surface area contributed by atoms with Gasteiger partial charge in [0.05, 0.1) is 19.7 Å². The minimum absolute atomic E-state index is 0.0933. The Kier molecular flexibility index (Phi) is 6.19. The number of rotatable bonds is 8. The molecule has 5 nitrogen and oxygen atoms in total. The normalized spacial score (nSPS) is 20.8. The highest BCUT2D eigenvalue weighted by Gasteiger charge is 2.55. The van der Waals surface area contributed by atoms with Crippen LogP contribution in [0.4, 0.5) is 8.78 Å². The number of ether oxygens (including phenoxy) is 1. The molecule has 2 unspecified atom stereocenters. The molecule has 2 heterocycles. The number of hydrogen-bond donors (Lipinski definition) is 1. The summed E-state index contributed by atoms with van der Waals surface area (Å²) >= 11 is 1.19. The molecule has 2 aromatic heterocycles. The third-order valence-electron chi connectivity index (χ3n) is 5.58. The van der Waals surface area contributed by atoms with Crippen molar-refractivity contribution in [1.82, 2.24) is 4.57 Å². The fraction of sp³-hybridized carbons (Fsp3) is 0.600. The third kappa shape index (κ3) is 4.12. The third-order valence-corrected chi connectivity index (χ3v) is 6.57. The van der Waals surface area contributed by atoms with Gasteiger partial charge < -0.3 is 9.84 Å². The van der Waals surface area contributed by atoms with Crippen LogP contribution in [0.2, 0.25) is 0 Å². The predicted molar refractivity (Wildman–Crippen MR) is 101 cm³/mol. The zero-order valence-corrected chi connectivity index (χ0v) is 17.1. The first-order valence-electron chi connectivity index (χ1n) is 9.64. The molecule has 0 bridgehead atoms. The average molecular weight is 414 g/mol. The van der Waals surface area contributed by atoms with Crippen LogP contribution in [0, 0.1) is 12.8 Å². The molecule has 1 saturated carbocycles. The number of thiophene rings is 1. The van der Waals surface area contributed by atoms with Gasteiger partial charge in [0.15, 0.2) is 5.60 Å². The fourth-order valence-corrected chi connectivity index (χ4v) is 4.78. The molecular formula is C20H27F2N2O3S+. The van der Waals surface area contributed by atoms with Gasteiger partial charge in [-0.15, -0.1) is 11.3 Å². The lowest BCUT2D eigenvalue weighted by Crippen LogP contribution is -2.43. The Balaban J connectivity index is 1.63. The summed E-state index contributed by atoms with van der Waals surface area (Å²) in [6.07, 6.45) is 3.82. The van der Waals surface area contributed by atoms with Crippen LogP contribution in [-0.2, 0) is 28.2 Å². The number of nitrogens with zero attached hydrogens (tertiary/aromatic N) is 2. The van der Waals surface area contributed by atoms with Gasteiger partial charge in [0.25, 0.3) is 5.82 Å². The Hall–Kier alpha value is -1.80. The molecule has 28 heavy (non-hydrogen) atoms. The van der Waals surface area contributed by atoms with Gasteiger partial charge >= 0.3 is 5.97 Å². The average Bonchev–Trinajstić information content (AvgIpc) is 3.39. The van der Waals surface area contributed by atoms with E-state index in [1.807, 2.05) is 19.3 Å². The number of alkyl halides is 2. The van der Waals surface area contributed by atoms with Crippen molar-refractivity contribution in [3.05, 3.63) is 40.6 Å². The van der Waals surface area contributed by atoms with Crippen LogP contribution in [0.3, 0.4) is 0 Å². The van der Waals surface area contributed by atoms with Crippen LogP contribution >= 0.6 is 11.3 Å². The highest BCUT2D eigenvalue weighted by atomic mass is 32.1. The SMILES string of the molecule is CC[n+]1ccn(CCCOC(=O)C(O)(c2cccs2)C2CCC(F)(F)C2)c1C. The smallest absolute Gasteiger partial charge is 0.343 e. The van der Waals surface area contributed by atoms with E-state index in [9.17, 15) is 18.7 Å². The van der Waals surface area contributed by atoms with E-state index in [4.69, 9.17) is 4.74 Å². The molecule has 8 heteroatoms. The lowest BCUT2D eigenvalue weighted by atomic mass is 9.84. The quantitative estimate of drug-likeness (QED) is 0.410. The molecule has 1 aliphatic carbocycles. The number of aliphatic hydroxyl groups is 1. The Labute approximate surface area is 167 Å². The Morgan fingerprint density at radius 2 is 2.32 bits per heavy atom. The van der Waals surface area contributed by atoms with Gasteiger partial charge in [0.1, 0.15) is 12.4 Å². The number of carbonyl (C=O) groups excluding carboxylic acids is 1. The number of aryl methyl sites for hydroxylation is 2. The minimum atomic E-state index is -2.85. The Bertz CT molecular complexity index is 806. The van der Waals surface area contributed by atoms with Crippen LogP contribution in [0.25, 0.3) is 0 Å². The maximum Gasteiger partial charge on any atom is 0.343 e. The zero-order chi connectivity index (χ0) is 20.4. The summed E-state index contributed by atoms with van der Waals surface area (Å²) in [5.41, 5.74) is -2.01. The molecule has 2 atom stereocenters. The molecule has 0 aliphatic heterocycles. The van der Waals surface area contributed by atoms with Gasteiger partial charge in [0.2, 0.25) is 5.92 Å². The second-order valence-corrected chi connectivity index (χ2v) is 8.30. The summed E-state index contributed by atoms with van der Waals surface area (Å²) in [6.45, 7) is 5.76. The second-order valence-electron chi connectivity index (χ2n) is 7.35. The van der Waals surface area contributed by atoms with Gasteiger partial charge in [-0.2, -0.15) is 0 Å². The van der Waals surface area contributed by atoms with Crippen molar-refractivity contribution in [1.29, 1.82) is 0 Å². The van der Waals surface area contributed by atoms with Gasteiger partial charge in [0, 0.05) is 37.0 Å². The largest absolute Gasteiger partial charge is 0.463 e. The van der Waals surface area contributed by atoms with Crippen molar-refractivity contribution >= 4 is 17.3 Å². The zero-order valence-electron chi connectivity index (χ0n) is 16.2. The van der Waals surface area contributed by atoms with Gasteiger partial charge in [-0.3, -0.25) is 0 Å². The minimum Gasteiger partial charge on any atom is -0.463 e. The maximum atomic E-state index is 13.7. The number of carbonyl (C=O) groups is 1. The van der Waals surface area contributed by atoms with Crippen LogP contribution in [0.5, 0.6) is 0 Å². The number of hydrogen-bond acceptors (Lipinski definition) is 4. The lowest BCUT2D eigenvalue weighted by molar-refractivity contribution is -0.699. The maximum absolute atomic E-state index is 13.7. The number of aromatic nitrogens is 2. The van der Waals surface area contributed by atoms with E-state index < -0.39 is 29.8 Å². The Morgan fingerprint density at radius 1 is 1.54 bits per heavy atom. The van der Waals surface area contributed by atoms with Crippen LogP contribution in [0.15, 0.2) is 29.9 Å². The molecule has 3 rings (SSSR count). The first-order valence-corrected chi connectivity index (χ1v) is 10.5. The summed E-state index contributed by atoms with van der Waals surface area (Å²) in [5.74, 6) is -3.41. The van der Waals surface area contributed by atoms with E-state index in [0.29, 0.717) is 17.8 Å². The molecule has 154 valence electrons. The first-order chi connectivity index (χ1) is 13.3. The summed E-state index contributed by atoms with van der Waals surface area (Å²) in [4.78, 5) is 13.1. The molecule has 1 fully saturated rings. The molecule has 2 aromatic rings. The van der Waals surface area contributed by atoms with E-state index in [1.165, 1.54) is 11.3 Å². The van der Waals surface area contributed by atoms with E-state index in [1.54, 1.807) is 17.5 Å². The monoisotopic (exact) mass is 413 g/mol. The summed E-state index contributed by atoms with van der Waals surface area (Å²) < 4.78 is 37.0. The van der Waals surface area contributed by atoms with Gasteiger partial charge in [-0.05, 0) is 24.8 Å². The molecule has 0 aromatic carbocycles. The van der Waals surface area contributed by atoms with Gasteiger partial charge in [-0.1, -0.05) is 6.07 Å².